The molecule has 0 aliphatic carbocycles. The second-order valence-corrected chi connectivity index (χ2v) is 4.17. The minimum absolute atomic E-state index is 0.450. The molecule has 0 radical (unpaired) electrons. The molecule has 4 nitrogen and oxygen atoms in total. The number of ether oxygens (including phenoxy) is 1. The van der Waals surface area contributed by atoms with Gasteiger partial charge in [0.25, 0.3) is 0 Å². The van der Waals surface area contributed by atoms with E-state index >= 15 is 0 Å². The van der Waals surface area contributed by atoms with Gasteiger partial charge in [-0.1, -0.05) is 12.1 Å². The Morgan fingerprint density at radius 1 is 1.39 bits per heavy atom. The van der Waals surface area contributed by atoms with Crippen molar-refractivity contribution in [2.45, 2.75) is 20.8 Å². The summed E-state index contributed by atoms with van der Waals surface area (Å²) in [6.07, 6.45) is 2.69. The summed E-state index contributed by atoms with van der Waals surface area (Å²) in [7, 11) is 1.64. The Bertz CT molecular complexity index is 478. The molecule has 0 atom stereocenters. The molecule has 0 amide bonds. The van der Waals surface area contributed by atoms with Crippen molar-refractivity contribution in [1.82, 2.24) is 0 Å². The van der Waals surface area contributed by atoms with Gasteiger partial charge in [-0.15, -0.1) is 0 Å². The molecule has 2 N–H and O–H groups in total. The second kappa shape index (κ2) is 6.10. The number of nitrogens with one attached hydrogen (secondary N) is 1. The summed E-state index contributed by atoms with van der Waals surface area (Å²) in [5.41, 5.74) is 4.26. The Hall–Kier alpha value is -1.97. The van der Waals surface area contributed by atoms with E-state index in [1.54, 1.807) is 13.2 Å². The predicted molar refractivity (Wildman–Crippen MR) is 72.5 cm³/mol. The van der Waals surface area contributed by atoms with Gasteiger partial charge in [0.1, 0.15) is 5.75 Å². The van der Waals surface area contributed by atoms with E-state index in [4.69, 9.17) is 9.84 Å². The molecule has 98 valence electrons. The Labute approximate surface area is 107 Å². The Kier molecular flexibility index (Phi) is 4.77. The maximum absolute atomic E-state index is 10.4. The highest BCUT2D eigenvalue weighted by molar-refractivity contribution is 5.79. The van der Waals surface area contributed by atoms with E-state index in [-0.39, 0.29) is 0 Å². The highest BCUT2D eigenvalue weighted by atomic mass is 16.5. The summed E-state index contributed by atoms with van der Waals surface area (Å²) in [4.78, 5) is 10.4. The van der Waals surface area contributed by atoms with Gasteiger partial charge in [-0.25, -0.2) is 4.79 Å². The first-order chi connectivity index (χ1) is 8.47. The molecule has 0 heterocycles. The van der Waals surface area contributed by atoms with Crippen molar-refractivity contribution in [3.63, 3.8) is 0 Å². The summed E-state index contributed by atoms with van der Waals surface area (Å²) in [5, 5.41) is 11.7. The van der Waals surface area contributed by atoms with Crippen molar-refractivity contribution in [2.24, 2.45) is 0 Å². The summed E-state index contributed by atoms with van der Waals surface area (Å²) in [5.74, 6) is -0.128. The third-order valence-electron chi connectivity index (χ3n) is 2.85. The monoisotopic (exact) mass is 249 g/mol. The average Bonchev–Trinajstić information content (AvgIpc) is 2.30. The summed E-state index contributed by atoms with van der Waals surface area (Å²) < 4.78 is 5.41. The number of hydrogen-bond donors (Lipinski definition) is 2. The number of aliphatic carboxylic acids is 1. The van der Waals surface area contributed by atoms with E-state index in [2.05, 4.69) is 11.4 Å². The van der Waals surface area contributed by atoms with E-state index in [9.17, 15) is 4.79 Å². The Morgan fingerprint density at radius 3 is 2.61 bits per heavy atom. The molecule has 0 aromatic heterocycles. The average molecular weight is 249 g/mol. The molecular formula is C14H19NO3. The smallest absolute Gasteiger partial charge is 0.328 e. The van der Waals surface area contributed by atoms with Gasteiger partial charge >= 0.3 is 5.97 Å². The summed E-state index contributed by atoms with van der Waals surface area (Å²) >= 11 is 0. The van der Waals surface area contributed by atoms with E-state index in [0.29, 0.717) is 6.54 Å². The fourth-order valence-electron chi connectivity index (χ4n) is 1.85. The number of methoxy groups -OCH3 is 1. The molecule has 0 unspecified atom stereocenters. The fourth-order valence-corrected chi connectivity index (χ4v) is 1.85. The van der Waals surface area contributed by atoms with Crippen LogP contribution in [0.5, 0.6) is 5.75 Å². The van der Waals surface area contributed by atoms with Gasteiger partial charge in [-0.3, -0.25) is 0 Å². The number of aryl methyl sites for hydroxylation is 2. The lowest BCUT2D eigenvalue weighted by atomic mass is 10.0. The van der Waals surface area contributed by atoms with Crippen LogP contribution in [0.25, 0.3) is 0 Å². The van der Waals surface area contributed by atoms with E-state index in [0.717, 1.165) is 28.6 Å². The summed E-state index contributed by atoms with van der Waals surface area (Å²) in [6.45, 7) is 6.50. The molecule has 0 aliphatic rings. The Balaban J connectivity index is 2.94. The van der Waals surface area contributed by atoms with Crippen molar-refractivity contribution < 1.29 is 14.6 Å². The molecule has 4 heteroatoms. The van der Waals surface area contributed by atoms with Gasteiger partial charge in [0.05, 0.1) is 12.8 Å². The number of benzene rings is 1. The topological polar surface area (TPSA) is 58.6 Å². The third-order valence-corrected chi connectivity index (χ3v) is 2.85. The van der Waals surface area contributed by atoms with Gasteiger partial charge in [0, 0.05) is 12.6 Å². The fraction of sp³-hybridized carbons (Fsp3) is 0.357. The zero-order chi connectivity index (χ0) is 13.7. The number of carboxylic acids is 1. The van der Waals surface area contributed by atoms with Crippen LogP contribution in [0.1, 0.15) is 16.7 Å². The number of rotatable bonds is 5. The zero-order valence-electron chi connectivity index (χ0n) is 11.2. The van der Waals surface area contributed by atoms with Crippen LogP contribution in [0.4, 0.5) is 5.69 Å². The first kappa shape index (κ1) is 14.1. The minimum atomic E-state index is -0.944. The van der Waals surface area contributed by atoms with Crippen LogP contribution >= 0.6 is 0 Å². The van der Waals surface area contributed by atoms with Crippen molar-refractivity contribution in [2.75, 3.05) is 19.0 Å². The summed E-state index contributed by atoms with van der Waals surface area (Å²) in [6, 6.07) is 2.08. The molecule has 0 saturated carbocycles. The molecule has 18 heavy (non-hydrogen) atoms. The number of carbonyl (C=O) groups is 1. The van der Waals surface area contributed by atoms with E-state index < -0.39 is 5.97 Å². The Morgan fingerprint density at radius 2 is 2.06 bits per heavy atom. The predicted octanol–water partition coefficient (Wildman–Crippen LogP) is 2.67. The molecule has 0 fully saturated rings. The highest BCUT2D eigenvalue weighted by Crippen LogP contribution is 2.33. The van der Waals surface area contributed by atoms with Crippen molar-refractivity contribution in [3.05, 3.63) is 34.9 Å². The van der Waals surface area contributed by atoms with Gasteiger partial charge in [-0.05, 0) is 37.5 Å². The molecule has 1 rings (SSSR count). The standard InChI is InChI=1S/C14H19NO3/c1-9-8-10(2)13(14(18-4)11(9)3)15-7-5-6-12(16)17/h5-6,8,15H,7H2,1-4H3,(H,16,17)/b6-5+. The van der Waals surface area contributed by atoms with E-state index in [1.807, 2.05) is 20.8 Å². The van der Waals surface area contributed by atoms with Crippen LogP contribution in [-0.4, -0.2) is 24.7 Å². The molecule has 1 aromatic rings. The number of carboxylic acid groups (broad SMARTS) is 1. The van der Waals surface area contributed by atoms with Crippen LogP contribution in [0.3, 0.4) is 0 Å². The van der Waals surface area contributed by atoms with Crippen LogP contribution in [0, 0.1) is 20.8 Å². The van der Waals surface area contributed by atoms with Gasteiger partial charge in [-0.2, -0.15) is 0 Å². The normalized spacial score (nSPS) is 10.7. The molecule has 0 spiro atoms. The first-order valence-corrected chi connectivity index (χ1v) is 5.75. The van der Waals surface area contributed by atoms with Crippen molar-refractivity contribution in [3.8, 4) is 5.75 Å². The zero-order valence-corrected chi connectivity index (χ0v) is 11.2. The minimum Gasteiger partial charge on any atom is -0.494 e. The molecule has 1 aromatic carbocycles. The lowest BCUT2D eigenvalue weighted by Gasteiger charge is -2.17. The van der Waals surface area contributed by atoms with Crippen molar-refractivity contribution in [1.29, 1.82) is 0 Å². The molecule has 0 saturated heterocycles. The SMILES string of the molecule is COc1c(C)c(C)cc(C)c1NC/C=C/C(=O)O. The van der Waals surface area contributed by atoms with Crippen molar-refractivity contribution >= 4 is 11.7 Å². The van der Waals surface area contributed by atoms with Crippen LogP contribution < -0.4 is 10.1 Å². The van der Waals surface area contributed by atoms with Crippen LogP contribution in [-0.2, 0) is 4.79 Å². The second-order valence-electron chi connectivity index (χ2n) is 4.17. The lowest BCUT2D eigenvalue weighted by Crippen LogP contribution is -2.05. The highest BCUT2D eigenvalue weighted by Gasteiger charge is 2.11. The first-order valence-electron chi connectivity index (χ1n) is 5.75. The maximum atomic E-state index is 10.4. The quantitative estimate of drug-likeness (QED) is 0.788. The maximum Gasteiger partial charge on any atom is 0.328 e. The van der Waals surface area contributed by atoms with Gasteiger partial charge < -0.3 is 15.2 Å². The molecule has 0 bridgehead atoms. The van der Waals surface area contributed by atoms with Gasteiger partial charge in [0.2, 0.25) is 0 Å². The van der Waals surface area contributed by atoms with Gasteiger partial charge in [0.15, 0.2) is 0 Å². The lowest BCUT2D eigenvalue weighted by molar-refractivity contribution is -0.131. The van der Waals surface area contributed by atoms with Crippen LogP contribution in [0.15, 0.2) is 18.2 Å². The van der Waals surface area contributed by atoms with Crippen LogP contribution in [0.2, 0.25) is 0 Å². The third kappa shape index (κ3) is 3.26. The molecule has 0 aliphatic heterocycles. The number of anilines is 1. The molecular weight excluding hydrogens is 230 g/mol. The largest absolute Gasteiger partial charge is 0.494 e. The number of hydrogen-bond acceptors (Lipinski definition) is 3. The van der Waals surface area contributed by atoms with E-state index in [1.165, 1.54) is 5.56 Å².